The third-order valence-electron chi connectivity index (χ3n) is 13.8. The summed E-state index contributed by atoms with van der Waals surface area (Å²) >= 11 is 14.7. The molecule has 6 aromatic rings. The minimum atomic E-state index is -1.41. The number of hydrogen-bond acceptors (Lipinski definition) is 8. The van der Waals surface area contributed by atoms with Crippen LogP contribution in [0, 0.1) is 11.8 Å². The van der Waals surface area contributed by atoms with Gasteiger partial charge in [0.25, 0.3) is 22.9 Å². The summed E-state index contributed by atoms with van der Waals surface area (Å²) in [5.41, 5.74) is 4.66. The molecule has 0 fully saturated rings. The molecule has 4 aliphatic rings. The number of aromatic nitrogens is 6. The van der Waals surface area contributed by atoms with Crippen LogP contribution in [-0.2, 0) is 49.1 Å². The summed E-state index contributed by atoms with van der Waals surface area (Å²) in [5, 5.41) is 3.73. The van der Waals surface area contributed by atoms with Gasteiger partial charge >= 0.3 is 0 Å². The number of amides is 2. The Kier molecular flexibility index (Phi) is 14.2. The summed E-state index contributed by atoms with van der Waals surface area (Å²) in [6.45, 7) is 16.4. The average molecular weight is 1270 g/mol. The van der Waals surface area contributed by atoms with Gasteiger partial charge in [0.15, 0.2) is 0 Å². The van der Waals surface area contributed by atoms with Crippen molar-refractivity contribution >= 4 is 104 Å². The Hall–Kier alpha value is -4.43. The molecule has 10 rings (SSSR count). The number of benzene rings is 2. The van der Waals surface area contributed by atoms with E-state index >= 15 is 9.59 Å². The van der Waals surface area contributed by atoms with Crippen molar-refractivity contribution in [2.45, 2.75) is 91.0 Å². The van der Waals surface area contributed by atoms with Gasteiger partial charge in [-0.3, -0.25) is 28.3 Å². The summed E-state index contributed by atoms with van der Waals surface area (Å²) in [6.07, 6.45) is 3.79. The highest BCUT2D eigenvalue weighted by Gasteiger charge is 2.39. The highest BCUT2D eigenvalue weighted by Crippen LogP contribution is 2.32. The lowest BCUT2D eigenvalue weighted by molar-refractivity contribution is 0.0774. The Bertz CT molecular complexity index is 3330. The molecule has 22 heteroatoms. The van der Waals surface area contributed by atoms with E-state index in [1.54, 1.807) is 49.8 Å². The lowest BCUT2D eigenvalue weighted by Gasteiger charge is -2.37. The van der Waals surface area contributed by atoms with Gasteiger partial charge in [0.1, 0.15) is 44.8 Å². The fraction of sp³-hybridized carbons (Fsp3) is 0.400. The molecule has 0 saturated carbocycles. The van der Waals surface area contributed by atoms with Crippen molar-refractivity contribution < 1.29 is 19.1 Å². The zero-order valence-corrected chi connectivity index (χ0v) is 49.3. The van der Waals surface area contributed by atoms with Crippen LogP contribution in [-0.4, -0.2) is 81.9 Å². The zero-order valence-electron chi connectivity index (χ0n) is 41.0. The summed E-state index contributed by atoms with van der Waals surface area (Å²) < 4.78 is 25.2. The number of nitrogens with zero attached hydrogens (tertiary/aromatic N) is 10. The topological polar surface area (TPSA) is 148 Å². The van der Waals surface area contributed by atoms with Crippen LogP contribution >= 0.6 is 63.7 Å². The number of fused-ring (bicyclic) bond motifs is 8. The van der Waals surface area contributed by atoms with Crippen molar-refractivity contribution in [1.82, 2.24) is 27.6 Å². The number of ether oxygens (including phenoxy) is 2. The average Bonchev–Trinajstić information content (AvgIpc) is 3.86. The molecule has 0 saturated heterocycles. The predicted molar refractivity (Wildman–Crippen MR) is 296 cm³/mol. The molecule has 378 valence electrons. The van der Waals surface area contributed by atoms with Crippen LogP contribution in [0.3, 0.4) is 0 Å². The minimum absolute atomic E-state index is 0.0768. The Morgan fingerprint density at radius 3 is 1.35 bits per heavy atom. The van der Waals surface area contributed by atoms with Crippen molar-refractivity contribution in [1.29, 1.82) is 0 Å². The second-order valence-electron chi connectivity index (χ2n) is 21.3. The molecule has 0 radical (unpaired) electrons. The third-order valence-corrected chi connectivity index (χ3v) is 21.2. The molecular weight excluding hydrogens is 1210 g/mol. The molecule has 0 bridgehead atoms. The summed E-state index contributed by atoms with van der Waals surface area (Å²) in [4.78, 5) is 71.0. The van der Waals surface area contributed by atoms with Gasteiger partial charge in [0, 0.05) is 41.2 Å². The maximum atomic E-state index is 15.5. The van der Waals surface area contributed by atoms with Crippen LogP contribution in [0.2, 0.25) is 51.4 Å². The van der Waals surface area contributed by atoms with E-state index in [2.05, 4.69) is 103 Å². The summed E-state index contributed by atoms with van der Waals surface area (Å²) in [6, 6.07) is 21.3. The van der Waals surface area contributed by atoms with Gasteiger partial charge in [-0.1, -0.05) is 87.8 Å². The fourth-order valence-electron chi connectivity index (χ4n) is 9.68. The van der Waals surface area contributed by atoms with E-state index in [-0.39, 0.29) is 73.3 Å². The van der Waals surface area contributed by atoms with E-state index in [0.29, 0.717) is 67.1 Å². The SMILES string of the molecule is C[Si](C)(C)CCOCn1c(C(=O)N2CC(C3C=c4c(=O)n5c(n4N(C(=O)c4cc(Br)c(Br)n4COCC[Si](C)(C)C)C3)=NCc3ccccc3C5)C=c3c(=O)n4c(n32)=NCc2ccccc2C4)cc(Br)c1Br. The zero-order chi connectivity index (χ0) is 51.0. The van der Waals surface area contributed by atoms with Crippen molar-refractivity contribution in [2.75, 3.05) is 36.3 Å². The van der Waals surface area contributed by atoms with Crippen molar-refractivity contribution in [3.8, 4) is 0 Å². The fourth-order valence-corrected chi connectivity index (χ4v) is 12.9. The Labute approximate surface area is 451 Å². The second kappa shape index (κ2) is 20.0. The molecule has 4 aromatic heterocycles. The number of carbonyl (C=O) groups excluding carboxylic acids is 2. The van der Waals surface area contributed by atoms with Gasteiger partial charge in [-0.15, -0.1) is 0 Å². The first-order valence-electron chi connectivity index (χ1n) is 24.1. The quantitative estimate of drug-likeness (QED) is 0.0976. The maximum Gasteiger partial charge on any atom is 0.289 e. The van der Waals surface area contributed by atoms with E-state index in [4.69, 9.17) is 19.5 Å². The Balaban J connectivity index is 1.11. The highest BCUT2D eigenvalue weighted by atomic mass is 79.9. The number of rotatable bonds is 13. The lowest BCUT2D eigenvalue weighted by Crippen LogP contribution is -2.61. The molecule has 2 amide bonds. The molecule has 4 aliphatic heterocycles. The predicted octanol–water partition coefficient (Wildman–Crippen LogP) is 6.33. The van der Waals surface area contributed by atoms with Crippen molar-refractivity contribution in [2.24, 2.45) is 21.8 Å². The van der Waals surface area contributed by atoms with Crippen molar-refractivity contribution in [3.63, 3.8) is 0 Å². The van der Waals surface area contributed by atoms with Gasteiger partial charge in [-0.2, -0.15) is 0 Å². The number of halogens is 4. The molecule has 0 spiro atoms. The molecule has 0 N–H and O–H groups in total. The van der Waals surface area contributed by atoms with E-state index < -0.39 is 28.0 Å². The van der Waals surface area contributed by atoms with Crippen molar-refractivity contribution in [3.05, 3.63) is 155 Å². The third kappa shape index (κ3) is 9.74. The molecule has 16 nitrogen and oxygen atoms in total. The molecule has 72 heavy (non-hydrogen) atoms. The Morgan fingerprint density at radius 2 is 0.972 bits per heavy atom. The van der Waals surface area contributed by atoms with Crippen LogP contribution in [0.15, 0.2) is 98.4 Å². The molecule has 2 atom stereocenters. The lowest BCUT2D eigenvalue weighted by atomic mass is 9.89. The van der Waals surface area contributed by atoms with Gasteiger partial charge in [-0.05, 0) is 122 Å². The monoisotopic (exact) mass is 1260 g/mol. The first-order valence-corrected chi connectivity index (χ1v) is 34.6. The maximum absolute atomic E-state index is 15.5. The molecule has 2 aromatic carbocycles. The van der Waals surface area contributed by atoms with E-state index in [1.165, 1.54) is 0 Å². The molecular formula is C50H56Br4N10O6Si2. The largest absolute Gasteiger partial charge is 0.361 e. The van der Waals surface area contributed by atoms with Gasteiger partial charge in [-0.25, -0.2) is 29.4 Å². The van der Waals surface area contributed by atoms with Crippen LogP contribution in [0.1, 0.15) is 43.2 Å². The molecule has 0 aliphatic carbocycles. The van der Waals surface area contributed by atoms with Crippen LogP contribution in [0.25, 0.3) is 12.2 Å². The number of imidazole rings is 2. The Morgan fingerprint density at radius 1 is 0.597 bits per heavy atom. The standard InChI is InChI=1S/C50H56Br4N10O6Si2/c1-71(2,3)17-15-69-29-59-39(21-37(51)43(59)53)47(67)61-27-35(19-41-45(65)57-25-33-13-9-7-11-31(33)23-55-49(57)63(41)61)36-20-42-46(66)58-26-34-14-10-8-12-32(34)24-56-50(58)64(42)62(28-36)48(68)40-22-38(52)44(54)60(40)30-70-16-18-72(4,5)6/h7-14,19-22,35-36H,15-18,23-30H2,1-6H3. The normalized spacial score (nSPS) is 17.2. The van der Waals surface area contributed by atoms with Gasteiger partial charge < -0.3 is 18.6 Å². The van der Waals surface area contributed by atoms with Gasteiger partial charge in [0.05, 0.1) is 48.2 Å². The number of carbonyl (C=O) groups is 2. The van der Waals surface area contributed by atoms with Gasteiger partial charge in [0.2, 0.25) is 11.2 Å². The first-order chi connectivity index (χ1) is 34.3. The van der Waals surface area contributed by atoms with E-state index in [9.17, 15) is 9.59 Å². The molecule has 8 heterocycles. The molecule has 2 unspecified atom stereocenters. The summed E-state index contributed by atoms with van der Waals surface area (Å²) in [5.74, 6) is -1.91. The smallest absolute Gasteiger partial charge is 0.289 e. The number of hydrogen-bond donors (Lipinski definition) is 0. The minimum Gasteiger partial charge on any atom is -0.361 e. The highest BCUT2D eigenvalue weighted by molar-refractivity contribution is 9.13. The van der Waals surface area contributed by atoms with Crippen LogP contribution in [0.4, 0.5) is 0 Å². The summed E-state index contributed by atoms with van der Waals surface area (Å²) in [7, 11) is -2.82. The van der Waals surface area contributed by atoms with Crippen LogP contribution < -0.4 is 43.1 Å². The van der Waals surface area contributed by atoms with E-state index in [0.717, 1.165) is 34.3 Å². The first kappa shape index (κ1) is 51.1. The second-order valence-corrected chi connectivity index (χ2v) is 35.7. The van der Waals surface area contributed by atoms with E-state index in [1.807, 2.05) is 60.7 Å². The van der Waals surface area contributed by atoms with Crippen LogP contribution in [0.5, 0.6) is 0 Å².